The Morgan fingerprint density at radius 1 is 0.552 bits per heavy atom. The molecule has 0 saturated heterocycles. The van der Waals surface area contributed by atoms with E-state index in [4.69, 9.17) is 14.1 Å². The molecule has 0 bridgehead atoms. The van der Waals surface area contributed by atoms with Crippen molar-refractivity contribution in [2.24, 2.45) is 0 Å². The van der Waals surface area contributed by atoms with Gasteiger partial charge < -0.3 is 23.5 Å². The van der Waals surface area contributed by atoms with Crippen molar-refractivity contribution in [3.05, 3.63) is 225 Å². The third-order valence-corrected chi connectivity index (χ3v) is 12.5. The van der Waals surface area contributed by atoms with Gasteiger partial charge in [-0.1, -0.05) is 153 Å². The number of benzene rings is 8. The van der Waals surface area contributed by atoms with Gasteiger partial charge in [0.15, 0.2) is 0 Å². The van der Waals surface area contributed by atoms with Gasteiger partial charge in [-0.2, -0.15) is 12.1 Å². The molecule has 1 aliphatic heterocycles. The fourth-order valence-electron chi connectivity index (χ4n) is 9.29. The predicted molar refractivity (Wildman–Crippen MR) is 269 cm³/mol. The summed E-state index contributed by atoms with van der Waals surface area (Å²) < 4.78 is 15.4. The summed E-state index contributed by atoms with van der Waals surface area (Å²) >= 11 is 0. The molecule has 0 amide bonds. The van der Waals surface area contributed by atoms with Crippen LogP contribution in [0.3, 0.4) is 0 Å². The van der Waals surface area contributed by atoms with Crippen molar-refractivity contribution in [1.82, 2.24) is 9.55 Å². The van der Waals surface area contributed by atoms with E-state index in [0.717, 1.165) is 83.8 Å². The Kier molecular flexibility index (Phi) is 10.6. The number of para-hydroxylation sites is 4. The third kappa shape index (κ3) is 7.48. The Morgan fingerprint density at radius 3 is 1.99 bits per heavy atom. The van der Waals surface area contributed by atoms with E-state index in [0.29, 0.717) is 11.5 Å². The van der Waals surface area contributed by atoms with Gasteiger partial charge in [0.05, 0.1) is 5.52 Å². The standard InChI is InChI=1S/C60H43N4O2.Pt/c1-60(2,3)44-33-34-61-56(36-44)64-54-38-47(31-32-50(54)59-58(64)51-25-10-13-30-55(51)66-59)65-46-24-15-23-45(37-46)62-39-63(53-29-12-11-28-52(53)62)57-48(41-19-8-5-9-20-41)26-16-27-49(57)43-22-14-21-42(35-43)40-17-6-4-7-18-40;/h4-36,39H,1-3H3;/q-3;. The first-order chi connectivity index (χ1) is 32.4. The minimum atomic E-state index is -0.0660. The van der Waals surface area contributed by atoms with Gasteiger partial charge in [0.25, 0.3) is 0 Å². The zero-order chi connectivity index (χ0) is 44.4. The molecule has 0 fully saturated rings. The summed E-state index contributed by atoms with van der Waals surface area (Å²) in [4.78, 5) is 9.42. The summed E-state index contributed by atoms with van der Waals surface area (Å²) in [6.45, 7) is 8.83. The van der Waals surface area contributed by atoms with Crippen molar-refractivity contribution < 1.29 is 30.2 Å². The van der Waals surface area contributed by atoms with Crippen LogP contribution >= 0.6 is 0 Å². The molecule has 0 spiro atoms. The van der Waals surface area contributed by atoms with Crippen molar-refractivity contribution in [1.29, 1.82) is 0 Å². The van der Waals surface area contributed by atoms with Gasteiger partial charge in [-0.15, -0.1) is 42.7 Å². The summed E-state index contributed by atoms with van der Waals surface area (Å²) in [6, 6.07) is 74.8. The van der Waals surface area contributed by atoms with Crippen LogP contribution < -0.4 is 14.5 Å². The zero-order valence-electron chi connectivity index (χ0n) is 37.1. The largest absolute Gasteiger partial charge is 0.509 e. The first-order valence-corrected chi connectivity index (χ1v) is 22.3. The maximum absolute atomic E-state index is 6.69. The molecule has 0 saturated carbocycles. The molecule has 8 aromatic carbocycles. The molecule has 12 rings (SSSR count). The summed E-state index contributed by atoms with van der Waals surface area (Å²) in [5.41, 5.74) is 15.4. The molecule has 0 N–H and O–H groups in total. The summed E-state index contributed by atoms with van der Waals surface area (Å²) in [5, 5.41) is 1.94. The van der Waals surface area contributed by atoms with Gasteiger partial charge in [-0.25, -0.2) is 4.98 Å². The zero-order valence-corrected chi connectivity index (χ0v) is 39.3. The second-order valence-corrected chi connectivity index (χ2v) is 17.7. The first kappa shape index (κ1) is 42.0. The molecule has 7 heteroatoms. The topological polar surface area (TPSA) is 46.7 Å². The normalized spacial score (nSPS) is 12.5. The molecule has 0 unspecified atom stereocenters. The molecule has 328 valence electrons. The van der Waals surface area contributed by atoms with Gasteiger partial charge >= 0.3 is 0 Å². The molecule has 6 nitrogen and oxygen atoms in total. The van der Waals surface area contributed by atoms with E-state index in [9.17, 15) is 0 Å². The molecule has 0 aliphatic carbocycles. The average Bonchev–Trinajstić information content (AvgIpc) is 4.03. The summed E-state index contributed by atoms with van der Waals surface area (Å²) in [7, 11) is 0. The van der Waals surface area contributed by atoms with E-state index < -0.39 is 0 Å². The van der Waals surface area contributed by atoms with Crippen molar-refractivity contribution in [3.63, 3.8) is 0 Å². The predicted octanol–water partition coefficient (Wildman–Crippen LogP) is 16.0. The van der Waals surface area contributed by atoms with E-state index in [1.54, 1.807) is 0 Å². The maximum atomic E-state index is 6.69. The number of pyridine rings is 1. The number of hydrogen-bond acceptors (Lipinski definition) is 5. The van der Waals surface area contributed by atoms with E-state index in [-0.39, 0.29) is 26.5 Å². The van der Waals surface area contributed by atoms with Gasteiger partial charge in [0, 0.05) is 72.3 Å². The van der Waals surface area contributed by atoms with Crippen molar-refractivity contribution in [3.8, 4) is 50.7 Å². The summed E-state index contributed by atoms with van der Waals surface area (Å²) in [6.07, 6.45) is 1.88. The van der Waals surface area contributed by atoms with Crippen LogP contribution in [0.5, 0.6) is 11.5 Å². The minimum Gasteiger partial charge on any atom is -0.509 e. The number of aromatic nitrogens is 2. The number of ether oxygens (including phenoxy) is 1. The average molecular weight is 1050 g/mol. The van der Waals surface area contributed by atoms with E-state index in [1.807, 2.05) is 42.6 Å². The fourth-order valence-corrected chi connectivity index (χ4v) is 9.29. The number of rotatable bonds is 8. The van der Waals surface area contributed by atoms with Crippen LogP contribution in [0.1, 0.15) is 26.3 Å². The van der Waals surface area contributed by atoms with Crippen molar-refractivity contribution in [2.75, 3.05) is 9.80 Å². The Morgan fingerprint density at radius 2 is 1.19 bits per heavy atom. The van der Waals surface area contributed by atoms with Gasteiger partial charge in [-0.05, 0) is 75.7 Å². The fraction of sp³-hybridized carbons (Fsp3) is 0.0667. The Balaban J connectivity index is 0.00000494. The first-order valence-electron chi connectivity index (χ1n) is 22.3. The SMILES string of the molecule is CC(C)(C)c1ccnc(-n2c3[c-]c(Oc4[c-]c(N5[CH-]N(c6c(-c7ccccc7)cccc6-c6cccc(-c7ccccc7)c6)c6ccccc65)ccc4)ccc3c3oc4ccccc4c32)c1.[Pt]. The van der Waals surface area contributed by atoms with Crippen LogP contribution in [-0.2, 0) is 26.5 Å². The molecular formula is C60H43N4O2Pt-3. The Bertz CT molecular complexity index is 3610. The van der Waals surface area contributed by atoms with Crippen molar-refractivity contribution >= 4 is 55.7 Å². The maximum Gasteiger partial charge on any atom is 0.136 e. The smallest absolute Gasteiger partial charge is 0.136 e. The van der Waals surface area contributed by atoms with E-state index in [1.165, 1.54) is 16.7 Å². The number of anilines is 4. The molecule has 67 heavy (non-hydrogen) atoms. The molecule has 4 heterocycles. The van der Waals surface area contributed by atoms with Crippen LogP contribution in [0.2, 0.25) is 0 Å². The number of hydrogen-bond donors (Lipinski definition) is 0. The number of nitrogens with zero attached hydrogens (tertiary/aromatic N) is 4. The van der Waals surface area contributed by atoms with Crippen LogP contribution in [0.15, 0.2) is 205 Å². The van der Waals surface area contributed by atoms with Crippen molar-refractivity contribution in [2.45, 2.75) is 26.2 Å². The number of furan rings is 1. The molecule has 1 aliphatic rings. The minimum absolute atomic E-state index is 0. The third-order valence-electron chi connectivity index (χ3n) is 12.5. The van der Waals surface area contributed by atoms with E-state index in [2.05, 4.69) is 212 Å². The second kappa shape index (κ2) is 17.0. The molecular weight excluding hydrogens is 1000 g/mol. The quantitative estimate of drug-likeness (QED) is 0.142. The van der Waals surface area contributed by atoms with Crippen LogP contribution in [-0.4, -0.2) is 9.55 Å². The van der Waals surface area contributed by atoms with Crippen LogP contribution in [0.25, 0.3) is 72.2 Å². The second-order valence-electron chi connectivity index (χ2n) is 17.7. The molecule has 0 radical (unpaired) electrons. The molecule has 0 atom stereocenters. The Labute approximate surface area is 404 Å². The van der Waals surface area contributed by atoms with Gasteiger partial charge in [0.1, 0.15) is 17.0 Å². The van der Waals surface area contributed by atoms with Crippen LogP contribution in [0.4, 0.5) is 22.7 Å². The van der Waals surface area contributed by atoms with Crippen LogP contribution in [0, 0.1) is 18.8 Å². The number of fused-ring (bicyclic) bond motifs is 6. The van der Waals surface area contributed by atoms with E-state index >= 15 is 0 Å². The monoisotopic (exact) mass is 1050 g/mol. The summed E-state index contributed by atoms with van der Waals surface area (Å²) in [5.74, 6) is 1.92. The molecule has 11 aromatic rings. The Hall–Kier alpha value is -7.66. The van der Waals surface area contributed by atoms with Gasteiger partial charge in [0.2, 0.25) is 0 Å². The molecule has 3 aromatic heterocycles. The van der Waals surface area contributed by atoms with Gasteiger partial charge in [-0.3, -0.25) is 0 Å².